The molecule has 1 saturated heterocycles. The van der Waals surface area contributed by atoms with Crippen LogP contribution in [0.3, 0.4) is 0 Å². The molecule has 0 spiro atoms. The zero-order valence-corrected chi connectivity index (χ0v) is 16.1. The van der Waals surface area contributed by atoms with E-state index in [2.05, 4.69) is 4.98 Å². The Bertz CT molecular complexity index is 1080. The van der Waals surface area contributed by atoms with Gasteiger partial charge in [0.1, 0.15) is 6.33 Å². The Balaban J connectivity index is 1.63. The van der Waals surface area contributed by atoms with Crippen molar-refractivity contribution >= 4 is 28.5 Å². The molecule has 27 heavy (non-hydrogen) atoms. The van der Waals surface area contributed by atoms with Crippen LogP contribution in [0.2, 0.25) is 0 Å². The maximum Gasteiger partial charge on any atom is 0.237 e. The molecule has 138 valence electrons. The molecule has 5 heteroatoms. The number of aryl methyl sites for hydroxylation is 4. The van der Waals surface area contributed by atoms with Gasteiger partial charge in [-0.05, 0) is 74.2 Å². The molecule has 1 atom stereocenters. The highest BCUT2D eigenvalue weighted by molar-refractivity contribution is 6.02. The zero-order chi connectivity index (χ0) is 19.3. The van der Waals surface area contributed by atoms with Crippen molar-refractivity contribution in [2.75, 3.05) is 11.4 Å². The third-order valence-electron chi connectivity index (χ3n) is 5.68. The molecule has 4 rings (SSSR count). The first-order valence-electron chi connectivity index (χ1n) is 9.21. The number of carbonyl (C=O) groups is 2. The summed E-state index contributed by atoms with van der Waals surface area (Å²) in [5, 5.41) is 0. The Kier molecular flexibility index (Phi) is 4.10. The largest absolute Gasteiger partial charge is 0.312 e. The van der Waals surface area contributed by atoms with Crippen LogP contribution in [0.5, 0.6) is 0 Å². The van der Waals surface area contributed by atoms with Crippen molar-refractivity contribution in [3.8, 4) is 0 Å². The average molecular weight is 361 g/mol. The first-order chi connectivity index (χ1) is 12.8. The molecule has 1 aliphatic heterocycles. The first kappa shape index (κ1) is 17.5. The molecule has 1 aliphatic rings. The van der Waals surface area contributed by atoms with Gasteiger partial charge >= 0.3 is 0 Å². The highest BCUT2D eigenvalue weighted by atomic mass is 16.2. The van der Waals surface area contributed by atoms with E-state index in [-0.39, 0.29) is 24.2 Å². The second kappa shape index (κ2) is 6.34. The van der Waals surface area contributed by atoms with Gasteiger partial charge in [0.05, 0.1) is 17.0 Å². The molecule has 1 amide bonds. The molecule has 1 fully saturated rings. The summed E-state index contributed by atoms with van der Waals surface area (Å²) < 4.78 is 1.60. The number of nitrogens with zero attached hydrogens (tertiary/aromatic N) is 3. The van der Waals surface area contributed by atoms with Gasteiger partial charge in [-0.2, -0.15) is 0 Å². The number of aromatic nitrogens is 2. The lowest BCUT2D eigenvalue weighted by Gasteiger charge is -2.18. The van der Waals surface area contributed by atoms with Gasteiger partial charge in [-0.3, -0.25) is 14.2 Å². The first-order valence-corrected chi connectivity index (χ1v) is 9.21. The van der Waals surface area contributed by atoms with Crippen LogP contribution in [-0.2, 0) is 4.79 Å². The number of anilines is 1. The molecule has 0 saturated carbocycles. The molecule has 2 aromatic carbocycles. The minimum absolute atomic E-state index is 0.00644. The van der Waals surface area contributed by atoms with Crippen LogP contribution in [0.15, 0.2) is 36.7 Å². The Morgan fingerprint density at radius 2 is 1.70 bits per heavy atom. The van der Waals surface area contributed by atoms with E-state index in [9.17, 15) is 9.59 Å². The predicted molar refractivity (Wildman–Crippen MR) is 106 cm³/mol. The van der Waals surface area contributed by atoms with E-state index in [0.717, 1.165) is 33.4 Å². The smallest absolute Gasteiger partial charge is 0.237 e. The van der Waals surface area contributed by atoms with Crippen molar-refractivity contribution in [1.82, 2.24) is 9.55 Å². The summed E-state index contributed by atoms with van der Waals surface area (Å²) in [5.74, 6) is -0.438. The predicted octanol–water partition coefficient (Wildman–Crippen LogP) is 3.96. The van der Waals surface area contributed by atoms with Crippen molar-refractivity contribution in [2.45, 2.75) is 34.1 Å². The van der Waals surface area contributed by atoms with E-state index in [0.29, 0.717) is 6.54 Å². The molecule has 0 aliphatic carbocycles. The molecular weight excluding hydrogens is 338 g/mol. The summed E-state index contributed by atoms with van der Waals surface area (Å²) in [4.78, 5) is 31.8. The van der Waals surface area contributed by atoms with Gasteiger partial charge in [-0.25, -0.2) is 4.98 Å². The lowest BCUT2D eigenvalue weighted by atomic mass is 10.1. The number of imidazole rings is 1. The minimum Gasteiger partial charge on any atom is -0.312 e. The molecule has 0 bridgehead atoms. The van der Waals surface area contributed by atoms with Gasteiger partial charge in [-0.15, -0.1) is 0 Å². The fourth-order valence-corrected chi connectivity index (χ4v) is 3.65. The van der Waals surface area contributed by atoms with Crippen LogP contribution in [0.25, 0.3) is 11.0 Å². The Morgan fingerprint density at radius 1 is 1.00 bits per heavy atom. The third kappa shape index (κ3) is 2.93. The Morgan fingerprint density at radius 3 is 2.44 bits per heavy atom. The number of rotatable bonds is 2. The second-order valence-corrected chi connectivity index (χ2v) is 7.55. The molecule has 3 aromatic rings. The Hall–Kier alpha value is -2.95. The maximum atomic E-state index is 13.1. The maximum absolute atomic E-state index is 13.1. The van der Waals surface area contributed by atoms with Crippen molar-refractivity contribution in [1.29, 1.82) is 0 Å². The van der Waals surface area contributed by atoms with Crippen LogP contribution in [0, 0.1) is 33.6 Å². The van der Waals surface area contributed by atoms with E-state index in [4.69, 9.17) is 0 Å². The summed E-state index contributed by atoms with van der Waals surface area (Å²) in [6.45, 7) is 8.55. The molecule has 2 heterocycles. The molecule has 0 unspecified atom stereocenters. The van der Waals surface area contributed by atoms with Gasteiger partial charge in [0, 0.05) is 18.7 Å². The SMILES string of the molecule is Cc1ccc(N2C[C@H](C(=O)n3cnc4cc(C)c(C)cc43)CC2=O)cc1C. The average Bonchev–Trinajstić information content (AvgIpc) is 3.21. The van der Waals surface area contributed by atoms with E-state index in [1.807, 2.05) is 58.0 Å². The topological polar surface area (TPSA) is 55.2 Å². The fourth-order valence-electron chi connectivity index (χ4n) is 3.65. The minimum atomic E-state index is -0.363. The van der Waals surface area contributed by atoms with E-state index < -0.39 is 0 Å². The zero-order valence-electron chi connectivity index (χ0n) is 16.1. The highest BCUT2D eigenvalue weighted by Crippen LogP contribution is 2.29. The number of amides is 1. The number of hydrogen-bond acceptors (Lipinski definition) is 3. The number of benzene rings is 2. The van der Waals surface area contributed by atoms with Gasteiger partial charge in [0.15, 0.2) is 0 Å². The fraction of sp³-hybridized carbons (Fsp3) is 0.318. The third-order valence-corrected chi connectivity index (χ3v) is 5.68. The number of carbonyl (C=O) groups excluding carboxylic acids is 2. The number of fused-ring (bicyclic) bond motifs is 1. The quantitative estimate of drug-likeness (QED) is 0.694. The summed E-state index contributed by atoms with van der Waals surface area (Å²) in [7, 11) is 0. The van der Waals surface area contributed by atoms with Crippen LogP contribution in [0.4, 0.5) is 5.69 Å². The van der Waals surface area contributed by atoms with E-state index in [1.165, 1.54) is 5.56 Å². The van der Waals surface area contributed by atoms with Crippen LogP contribution >= 0.6 is 0 Å². The lowest BCUT2D eigenvalue weighted by molar-refractivity contribution is -0.117. The van der Waals surface area contributed by atoms with Crippen LogP contribution in [-0.4, -0.2) is 27.9 Å². The summed E-state index contributed by atoms with van der Waals surface area (Å²) in [6.07, 6.45) is 1.81. The molecule has 0 N–H and O–H groups in total. The van der Waals surface area contributed by atoms with E-state index in [1.54, 1.807) is 15.8 Å². The number of hydrogen-bond donors (Lipinski definition) is 0. The van der Waals surface area contributed by atoms with Crippen LogP contribution in [0.1, 0.15) is 33.5 Å². The van der Waals surface area contributed by atoms with Crippen molar-refractivity contribution in [3.63, 3.8) is 0 Å². The van der Waals surface area contributed by atoms with Gasteiger partial charge in [-0.1, -0.05) is 6.07 Å². The standard InChI is InChI=1S/C22H23N3O2/c1-13-5-6-18(7-14(13)2)24-11-17(10-21(24)26)22(27)25-12-23-19-8-15(3)16(4)9-20(19)25/h5-9,12,17H,10-11H2,1-4H3/t17-/m1/s1. The molecule has 0 radical (unpaired) electrons. The summed E-state index contributed by atoms with van der Waals surface area (Å²) in [5.41, 5.74) is 7.07. The molecule has 5 nitrogen and oxygen atoms in total. The second-order valence-electron chi connectivity index (χ2n) is 7.55. The van der Waals surface area contributed by atoms with Crippen LogP contribution < -0.4 is 4.90 Å². The van der Waals surface area contributed by atoms with Crippen molar-refractivity contribution < 1.29 is 9.59 Å². The van der Waals surface area contributed by atoms with Gasteiger partial charge in [0.25, 0.3) is 0 Å². The summed E-state index contributed by atoms with van der Waals surface area (Å²) in [6, 6.07) is 9.97. The Labute approximate surface area is 158 Å². The summed E-state index contributed by atoms with van der Waals surface area (Å²) >= 11 is 0. The lowest BCUT2D eigenvalue weighted by Crippen LogP contribution is -2.27. The van der Waals surface area contributed by atoms with E-state index >= 15 is 0 Å². The van der Waals surface area contributed by atoms with Gasteiger partial charge in [0.2, 0.25) is 11.8 Å². The van der Waals surface area contributed by atoms with Gasteiger partial charge < -0.3 is 4.90 Å². The molecule has 1 aromatic heterocycles. The monoisotopic (exact) mass is 361 g/mol. The van der Waals surface area contributed by atoms with Crippen molar-refractivity contribution in [2.24, 2.45) is 5.92 Å². The highest BCUT2D eigenvalue weighted by Gasteiger charge is 2.36. The molecular formula is C22H23N3O2. The normalized spacial score (nSPS) is 17.1. The van der Waals surface area contributed by atoms with Crippen molar-refractivity contribution in [3.05, 3.63) is 58.9 Å².